The molecule has 0 aromatic carbocycles. The molecule has 118 valence electrons. The van der Waals surface area contributed by atoms with Gasteiger partial charge in [0.05, 0.1) is 18.1 Å². The van der Waals surface area contributed by atoms with E-state index < -0.39 is 10.2 Å². The van der Waals surface area contributed by atoms with Gasteiger partial charge in [0.1, 0.15) is 0 Å². The van der Waals surface area contributed by atoms with Crippen LogP contribution < -0.4 is 0 Å². The van der Waals surface area contributed by atoms with Crippen LogP contribution in [0, 0.1) is 6.92 Å². The maximum absolute atomic E-state index is 12.5. The van der Waals surface area contributed by atoms with Gasteiger partial charge < -0.3 is 9.15 Å². The Labute approximate surface area is 124 Å². The average molecular weight is 316 g/mol. The van der Waals surface area contributed by atoms with E-state index in [9.17, 15) is 8.42 Å². The Morgan fingerprint density at radius 3 is 2.71 bits per heavy atom. The highest BCUT2D eigenvalue weighted by Gasteiger charge is 2.47. The van der Waals surface area contributed by atoms with Crippen molar-refractivity contribution >= 4 is 10.2 Å². The number of nitrogens with zero attached hydrogens (tertiary/aromatic N) is 4. The van der Waals surface area contributed by atoms with Crippen molar-refractivity contribution in [2.75, 3.05) is 27.2 Å². The Balaban J connectivity index is 1.91. The topological polar surface area (TPSA) is 88.8 Å². The van der Waals surface area contributed by atoms with Crippen LogP contribution in [0.1, 0.15) is 30.5 Å². The van der Waals surface area contributed by atoms with Gasteiger partial charge in [0, 0.05) is 34.2 Å². The third-order valence-electron chi connectivity index (χ3n) is 4.11. The quantitative estimate of drug-likeness (QED) is 0.787. The first-order chi connectivity index (χ1) is 9.89. The molecule has 8 nitrogen and oxygen atoms in total. The van der Waals surface area contributed by atoms with Gasteiger partial charge in [-0.25, -0.2) is 0 Å². The van der Waals surface area contributed by atoms with Crippen LogP contribution in [0.4, 0.5) is 0 Å². The first-order valence-corrected chi connectivity index (χ1v) is 8.40. The van der Waals surface area contributed by atoms with E-state index in [1.165, 1.54) is 8.61 Å². The van der Waals surface area contributed by atoms with Crippen LogP contribution in [-0.2, 0) is 14.9 Å². The van der Waals surface area contributed by atoms with Gasteiger partial charge in [-0.15, -0.1) is 10.2 Å². The fraction of sp³-hybridized carbons (Fsp3) is 0.833. The van der Waals surface area contributed by atoms with Gasteiger partial charge in [-0.3, -0.25) is 0 Å². The zero-order valence-electron chi connectivity index (χ0n) is 12.4. The minimum atomic E-state index is -3.49. The van der Waals surface area contributed by atoms with Gasteiger partial charge >= 0.3 is 0 Å². The van der Waals surface area contributed by atoms with Crippen molar-refractivity contribution in [2.24, 2.45) is 0 Å². The molecule has 1 aromatic heterocycles. The van der Waals surface area contributed by atoms with E-state index in [0.29, 0.717) is 31.4 Å². The second kappa shape index (κ2) is 5.31. The van der Waals surface area contributed by atoms with Crippen molar-refractivity contribution < 1.29 is 17.6 Å². The van der Waals surface area contributed by atoms with E-state index in [4.69, 9.17) is 9.15 Å². The Kier molecular flexibility index (Phi) is 3.76. The van der Waals surface area contributed by atoms with Crippen LogP contribution in [0.15, 0.2) is 4.42 Å². The third kappa shape index (κ3) is 2.59. The number of aryl methyl sites for hydroxylation is 1. The molecule has 9 heteroatoms. The molecule has 0 radical (unpaired) electrons. The Hall–Kier alpha value is -1.03. The first-order valence-electron chi connectivity index (χ1n) is 7.00. The highest BCUT2D eigenvalue weighted by molar-refractivity contribution is 7.86. The van der Waals surface area contributed by atoms with Crippen LogP contribution in [-0.4, -0.2) is 66.6 Å². The van der Waals surface area contributed by atoms with Gasteiger partial charge in [-0.2, -0.15) is 17.0 Å². The molecule has 0 saturated carbocycles. The largest absolute Gasteiger partial charge is 0.425 e. The number of hydrogen-bond donors (Lipinski definition) is 0. The van der Waals surface area contributed by atoms with Gasteiger partial charge in [-0.05, 0) is 12.8 Å². The molecule has 2 fully saturated rings. The van der Waals surface area contributed by atoms with Crippen molar-refractivity contribution in [1.82, 2.24) is 18.8 Å². The second-order valence-corrected chi connectivity index (χ2v) is 7.81. The standard InChI is InChI=1S/C12H20N4O4S/c1-8-13-14-12(20-8)9-6-11-10(4-5-19-11)16(7-9)21(17,18)15(2)3/h9-11H,4-7H2,1-3H3/t9-,10+,11+/m0/s1. The molecule has 2 saturated heterocycles. The highest BCUT2D eigenvalue weighted by atomic mass is 32.2. The lowest BCUT2D eigenvalue weighted by Crippen LogP contribution is -2.54. The molecule has 0 N–H and O–H groups in total. The van der Waals surface area contributed by atoms with E-state index in [-0.39, 0.29) is 18.1 Å². The predicted octanol–water partition coefficient (Wildman–Crippen LogP) is 0.131. The third-order valence-corrected chi connectivity index (χ3v) is 6.05. The molecule has 2 aliphatic rings. The van der Waals surface area contributed by atoms with Crippen molar-refractivity contribution in [1.29, 1.82) is 0 Å². The van der Waals surface area contributed by atoms with Crippen LogP contribution in [0.3, 0.4) is 0 Å². The predicted molar refractivity (Wildman–Crippen MR) is 73.9 cm³/mol. The summed E-state index contributed by atoms with van der Waals surface area (Å²) in [6, 6.07) is -0.0994. The summed E-state index contributed by atoms with van der Waals surface area (Å²) in [4.78, 5) is 0. The molecule has 0 aliphatic carbocycles. The molecular weight excluding hydrogens is 296 g/mol. The lowest BCUT2D eigenvalue weighted by atomic mass is 9.92. The molecule has 3 rings (SSSR count). The zero-order chi connectivity index (χ0) is 15.2. The normalized spacial score (nSPS) is 30.8. The minimum absolute atomic E-state index is 0.0994. The van der Waals surface area contributed by atoms with E-state index in [1.807, 2.05) is 0 Å². The van der Waals surface area contributed by atoms with Crippen molar-refractivity contribution in [2.45, 2.75) is 37.8 Å². The summed E-state index contributed by atoms with van der Waals surface area (Å²) < 4.78 is 39.0. The fourth-order valence-electron chi connectivity index (χ4n) is 3.03. The van der Waals surface area contributed by atoms with Gasteiger partial charge in [0.25, 0.3) is 10.2 Å². The molecule has 0 unspecified atom stereocenters. The lowest BCUT2D eigenvalue weighted by Gasteiger charge is -2.39. The smallest absolute Gasteiger partial charge is 0.281 e. The van der Waals surface area contributed by atoms with Crippen LogP contribution in [0.25, 0.3) is 0 Å². The summed E-state index contributed by atoms with van der Waals surface area (Å²) in [6.45, 7) is 2.67. The number of ether oxygens (including phenoxy) is 1. The maximum Gasteiger partial charge on any atom is 0.281 e. The van der Waals surface area contributed by atoms with Crippen molar-refractivity contribution in [3.05, 3.63) is 11.8 Å². The van der Waals surface area contributed by atoms with Crippen LogP contribution >= 0.6 is 0 Å². The summed E-state index contributed by atoms with van der Waals surface area (Å²) in [6.07, 6.45) is 1.34. The van der Waals surface area contributed by atoms with Crippen molar-refractivity contribution in [3.63, 3.8) is 0 Å². The monoisotopic (exact) mass is 316 g/mol. The SMILES string of the molecule is Cc1nnc([C@H]2C[C@H]3OCC[C@H]3N(S(=O)(=O)N(C)C)C2)o1. The number of fused-ring (bicyclic) bond motifs is 1. The molecule has 21 heavy (non-hydrogen) atoms. The molecule has 3 heterocycles. The fourth-order valence-corrected chi connectivity index (χ4v) is 4.40. The first kappa shape index (κ1) is 14.9. The van der Waals surface area contributed by atoms with E-state index >= 15 is 0 Å². The van der Waals surface area contributed by atoms with Gasteiger partial charge in [0.15, 0.2) is 0 Å². The molecule has 0 amide bonds. The molecule has 1 aromatic rings. The summed E-state index contributed by atoms with van der Waals surface area (Å²) in [5, 5.41) is 7.87. The summed E-state index contributed by atoms with van der Waals surface area (Å²) >= 11 is 0. The van der Waals surface area contributed by atoms with E-state index in [2.05, 4.69) is 10.2 Å². The van der Waals surface area contributed by atoms with Gasteiger partial charge in [0.2, 0.25) is 11.8 Å². The summed E-state index contributed by atoms with van der Waals surface area (Å²) in [5.41, 5.74) is 0. The molecular formula is C12H20N4O4S. The number of piperidine rings is 1. The molecule has 2 aliphatic heterocycles. The summed E-state index contributed by atoms with van der Waals surface area (Å²) in [7, 11) is -0.407. The minimum Gasteiger partial charge on any atom is -0.425 e. The van der Waals surface area contributed by atoms with Gasteiger partial charge in [-0.1, -0.05) is 0 Å². The maximum atomic E-state index is 12.5. The van der Waals surface area contributed by atoms with E-state index in [1.54, 1.807) is 21.0 Å². The number of aromatic nitrogens is 2. The molecule has 0 bridgehead atoms. The Morgan fingerprint density at radius 1 is 1.33 bits per heavy atom. The average Bonchev–Trinajstić information content (AvgIpc) is 3.05. The Bertz CT molecular complexity index is 615. The lowest BCUT2D eigenvalue weighted by molar-refractivity contribution is 0.0412. The molecule has 0 spiro atoms. The molecule has 3 atom stereocenters. The van der Waals surface area contributed by atoms with Crippen molar-refractivity contribution in [3.8, 4) is 0 Å². The van der Waals surface area contributed by atoms with E-state index in [0.717, 1.165) is 6.42 Å². The second-order valence-electron chi connectivity index (χ2n) is 5.72. The number of hydrogen-bond acceptors (Lipinski definition) is 6. The Morgan fingerprint density at radius 2 is 2.10 bits per heavy atom. The highest BCUT2D eigenvalue weighted by Crippen LogP contribution is 2.37. The summed E-state index contributed by atoms with van der Waals surface area (Å²) in [5.74, 6) is 0.849. The van der Waals surface area contributed by atoms with Crippen LogP contribution in [0.2, 0.25) is 0 Å². The zero-order valence-corrected chi connectivity index (χ0v) is 13.2. The van der Waals surface area contributed by atoms with Crippen LogP contribution in [0.5, 0.6) is 0 Å². The number of rotatable bonds is 3.